The zero-order valence-electron chi connectivity index (χ0n) is 15.8. The largest absolute Gasteiger partial charge is 0.359 e. The van der Waals surface area contributed by atoms with Gasteiger partial charge in [0.25, 0.3) is 0 Å². The molecule has 0 N–H and O–H groups in total. The molecule has 0 saturated carbocycles. The molecule has 0 unspecified atom stereocenters. The van der Waals surface area contributed by atoms with Crippen LogP contribution in [0.3, 0.4) is 0 Å². The molecular formula is C19H21N5O2S2. The number of hydrogen-bond acceptors (Lipinski definition) is 7. The average molecular weight is 416 g/mol. The van der Waals surface area contributed by atoms with E-state index in [0.717, 1.165) is 5.69 Å². The van der Waals surface area contributed by atoms with Crippen LogP contribution in [0.25, 0.3) is 5.69 Å². The third-order valence-electron chi connectivity index (χ3n) is 5.01. The lowest BCUT2D eigenvalue weighted by Crippen LogP contribution is -2.42. The molecule has 28 heavy (non-hydrogen) atoms. The molecular weight excluding hydrogens is 394 g/mol. The van der Waals surface area contributed by atoms with Gasteiger partial charge >= 0.3 is 0 Å². The first kappa shape index (κ1) is 18.9. The van der Waals surface area contributed by atoms with Crippen LogP contribution in [-0.2, 0) is 16.4 Å². The number of anilines is 1. The van der Waals surface area contributed by atoms with E-state index in [1.54, 1.807) is 28.9 Å². The predicted octanol–water partition coefficient (Wildman–Crippen LogP) is 2.96. The van der Waals surface area contributed by atoms with Crippen LogP contribution >= 0.6 is 11.8 Å². The topological polar surface area (TPSA) is 81.0 Å². The molecule has 2 aromatic carbocycles. The Labute approximate surface area is 168 Å². The van der Waals surface area contributed by atoms with E-state index in [4.69, 9.17) is 0 Å². The second-order valence-electron chi connectivity index (χ2n) is 6.93. The zero-order chi connectivity index (χ0) is 19.9. The van der Waals surface area contributed by atoms with Crippen LogP contribution < -0.4 is 4.90 Å². The first-order valence-corrected chi connectivity index (χ1v) is 11.7. The number of sulfone groups is 1. The molecule has 4 rings (SSSR count). The molecule has 0 radical (unpaired) electrons. The molecule has 0 fully saturated rings. The fraction of sp³-hybridized carbons (Fsp3) is 0.316. The van der Waals surface area contributed by atoms with Gasteiger partial charge in [-0.1, -0.05) is 19.1 Å². The maximum absolute atomic E-state index is 11.7. The summed E-state index contributed by atoms with van der Waals surface area (Å²) in [5.41, 5.74) is 1.91. The van der Waals surface area contributed by atoms with Crippen molar-refractivity contribution >= 4 is 27.3 Å². The molecule has 2 atom stereocenters. The number of para-hydroxylation sites is 1. The molecule has 0 aliphatic carbocycles. The lowest BCUT2D eigenvalue weighted by atomic mass is 10.1. The van der Waals surface area contributed by atoms with E-state index in [1.807, 2.05) is 17.8 Å². The van der Waals surface area contributed by atoms with E-state index in [2.05, 4.69) is 52.5 Å². The van der Waals surface area contributed by atoms with E-state index in [1.165, 1.54) is 16.8 Å². The monoisotopic (exact) mass is 415 g/mol. The number of benzene rings is 2. The third-order valence-corrected chi connectivity index (χ3v) is 7.51. The first-order valence-electron chi connectivity index (χ1n) is 8.94. The van der Waals surface area contributed by atoms with Crippen LogP contribution in [0.5, 0.6) is 0 Å². The molecule has 0 saturated heterocycles. The van der Waals surface area contributed by atoms with Crippen LogP contribution in [0.15, 0.2) is 58.3 Å². The Bertz CT molecular complexity index is 1100. The van der Waals surface area contributed by atoms with Crippen molar-refractivity contribution in [2.75, 3.05) is 11.2 Å². The quantitative estimate of drug-likeness (QED) is 0.648. The van der Waals surface area contributed by atoms with E-state index in [0.29, 0.717) is 23.7 Å². The molecule has 0 bridgehead atoms. The summed E-state index contributed by atoms with van der Waals surface area (Å²) in [4.78, 5) is 3.85. The Balaban J connectivity index is 1.67. The fourth-order valence-electron chi connectivity index (χ4n) is 3.29. The fourth-order valence-corrected chi connectivity index (χ4v) is 5.12. The van der Waals surface area contributed by atoms with Gasteiger partial charge in [-0.3, -0.25) is 0 Å². The van der Waals surface area contributed by atoms with Crippen LogP contribution in [0, 0.1) is 0 Å². The highest BCUT2D eigenvalue weighted by Gasteiger charge is 2.30. The number of hydrogen-bond donors (Lipinski definition) is 0. The standard InChI is InChI=1S/C19H21N5O2S2/c1-13-14(2)27-18-7-5-4-6-17(18)23(13)12-19-20-21-22-24(19)15-8-10-16(11-9-15)28(3,25)26/h4-11,13-14H,12H2,1-3H3/t13-,14-/m1/s1. The molecule has 3 aromatic rings. The number of thioether (sulfide) groups is 1. The Morgan fingerprint density at radius 3 is 2.50 bits per heavy atom. The Morgan fingerprint density at radius 1 is 1.07 bits per heavy atom. The molecule has 1 aliphatic heterocycles. The van der Waals surface area contributed by atoms with Crippen molar-refractivity contribution in [2.24, 2.45) is 0 Å². The summed E-state index contributed by atoms with van der Waals surface area (Å²) in [6.45, 7) is 5.00. The summed E-state index contributed by atoms with van der Waals surface area (Å²) in [5.74, 6) is 0.702. The maximum Gasteiger partial charge on any atom is 0.175 e. The zero-order valence-corrected chi connectivity index (χ0v) is 17.5. The van der Waals surface area contributed by atoms with Crippen LogP contribution in [0.2, 0.25) is 0 Å². The minimum absolute atomic E-state index is 0.273. The summed E-state index contributed by atoms with van der Waals surface area (Å²) in [6.07, 6.45) is 1.19. The van der Waals surface area contributed by atoms with E-state index in [9.17, 15) is 8.42 Å². The highest BCUT2D eigenvalue weighted by molar-refractivity contribution is 8.00. The number of tetrazole rings is 1. The van der Waals surface area contributed by atoms with Gasteiger partial charge in [0.2, 0.25) is 0 Å². The summed E-state index contributed by atoms with van der Waals surface area (Å²) in [7, 11) is -3.24. The summed E-state index contributed by atoms with van der Waals surface area (Å²) >= 11 is 1.88. The van der Waals surface area contributed by atoms with Gasteiger partial charge in [-0.05, 0) is 53.7 Å². The van der Waals surface area contributed by atoms with Gasteiger partial charge < -0.3 is 4.90 Å². The van der Waals surface area contributed by atoms with Crippen molar-refractivity contribution in [3.8, 4) is 5.69 Å². The molecule has 0 spiro atoms. The van der Waals surface area contributed by atoms with Gasteiger partial charge in [0, 0.05) is 22.4 Å². The van der Waals surface area contributed by atoms with Gasteiger partial charge in [0.15, 0.2) is 15.7 Å². The van der Waals surface area contributed by atoms with E-state index < -0.39 is 9.84 Å². The van der Waals surface area contributed by atoms with Crippen molar-refractivity contribution in [3.63, 3.8) is 0 Å². The van der Waals surface area contributed by atoms with Crippen molar-refractivity contribution in [1.29, 1.82) is 0 Å². The summed E-state index contributed by atoms with van der Waals surface area (Å²) < 4.78 is 25.0. The van der Waals surface area contributed by atoms with E-state index >= 15 is 0 Å². The predicted molar refractivity (Wildman–Crippen MR) is 110 cm³/mol. The molecule has 1 aliphatic rings. The average Bonchev–Trinajstić information content (AvgIpc) is 3.13. The Hall–Kier alpha value is -2.39. The SMILES string of the molecule is C[C@@H]1[C@@H](C)Sc2ccccc2N1Cc1nnnn1-c1ccc(S(C)(=O)=O)cc1. The first-order chi connectivity index (χ1) is 13.3. The van der Waals surface area contributed by atoms with Crippen molar-refractivity contribution in [1.82, 2.24) is 20.2 Å². The van der Waals surface area contributed by atoms with Crippen molar-refractivity contribution in [2.45, 2.75) is 41.5 Å². The smallest absolute Gasteiger partial charge is 0.175 e. The lowest BCUT2D eigenvalue weighted by molar-refractivity contribution is 0.592. The van der Waals surface area contributed by atoms with Crippen molar-refractivity contribution < 1.29 is 8.42 Å². The third kappa shape index (κ3) is 3.51. The van der Waals surface area contributed by atoms with Gasteiger partial charge in [0.1, 0.15) is 0 Å². The Kier molecular flexibility index (Phi) is 4.88. The number of fused-ring (bicyclic) bond motifs is 1. The second kappa shape index (κ2) is 7.21. The second-order valence-corrected chi connectivity index (χ2v) is 10.4. The van der Waals surface area contributed by atoms with E-state index in [-0.39, 0.29) is 4.90 Å². The highest BCUT2D eigenvalue weighted by atomic mass is 32.2. The number of nitrogens with zero attached hydrogens (tertiary/aromatic N) is 5. The van der Waals surface area contributed by atoms with Gasteiger partial charge in [-0.15, -0.1) is 16.9 Å². The van der Waals surface area contributed by atoms with Crippen LogP contribution in [0.1, 0.15) is 19.7 Å². The molecule has 146 valence electrons. The van der Waals surface area contributed by atoms with Gasteiger partial charge in [-0.2, -0.15) is 4.68 Å². The van der Waals surface area contributed by atoms with Crippen LogP contribution in [-0.4, -0.2) is 46.2 Å². The molecule has 2 heterocycles. The molecule has 9 heteroatoms. The summed E-state index contributed by atoms with van der Waals surface area (Å²) in [5, 5.41) is 12.6. The van der Waals surface area contributed by atoms with Crippen LogP contribution in [0.4, 0.5) is 5.69 Å². The van der Waals surface area contributed by atoms with Gasteiger partial charge in [0.05, 0.1) is 22.8 Å². The molecule has 7 nitrogen and oxygen atoms in total. The molecule has 1 aromatic heterocycles. The van der Waals surface area contributed by atoms with Crippen molar-refractivity contribution in [3.05, 3.63) is 54.4 Å². The number of aromatic nitrogens is 4. The minimum Gasteiger partial charge on any atom is -0.359 e. The molecule has 0 amide bonds. The number of rotatable bonds is 4. The maximum atomic E-state index is 11.7. The highest BCUT2D eigenvalue weighted by Crippen LogP contribution is 2.41. The van der Waals surface area contributed by atoms with Gasteiger partial charge in [-0.25, -0.2) is 8.42 Å². The lowest BCUT2D eigenvalue weighted by Gasteiger charge is -2.40. The summed E-state index contributed by atoms with van der Waals surface area (Å²) in [6, 6.07) is 15.3. The Morgan fingerprint density at radius 2 is 1.79 bits per heavy atom. The normalized spacial score (nSPS) is 19.5. The minimum atomic E-state index is -3.24.